The zero-order valence-corrected chi connectivity index (χ0v) is 15.3. The number of hydrogen-bond donors (Lipinski definition) is 2. The van der Waals surface area contributed by atoms with Crippen molar-refractivity contribution in [1.82, 2.24) is 4.98 Å². The van der Waals surface area contributed by atoms with E-state index in [4.69, 9.17) is 15.7 Å². The predicted molar refractivity (Wildman–Crippen MR) is 106 cm³/mol. The van der Waals surface area contributed by atoms with Gasteiger partial charge in [-0.25, -0.2) is 0 Å². The normalized spacial score (nSPS) is 11.1. The summed E-state index contributed by atoms with van der Waals surface area (Å²) in [7, 11) is 0. The van der Waals surface area contributed by atoms with Gasteiger partial charge in [-0.05, 0) is 29.7 Å². The van der Waals surface area contributed by atoms with Crippen molar-refractivity contribution in [2.45, 2.75) is 6.18 Å². The molecule has 0 unspecified atom stereocenters. The van der Waals surface area contributed by atoms with Gasteiger partial charge in [-0.2, -0.15) is 18.4 Å². The van der Waals surface area contributed by atoms with Gasteiger partial charge in [0.05, 0.1) is 17.5 Å². The van der Waals surface area contributed by atoms with E-state index in [0.717, 1.165) is 10.9 Å². The first-order valence-electron chi connectivity index (χ1n) is 8.57. The number of halogens is 3. The highest BCUT2D eigenvalue weighted by molar-refractivity contribution is 5.99. The van der Waals surface area contributed by atoms with Crippen LogP contribution in [0.3, 0.4) is 0 Å². The Kier molecular flexibility index (Phi) is 5.59. The molecule has 3 aromatic rings. The summed E-state index contributed by atoms with van der Waals surface area (Å²) in [6.07, 6.45) is -2.90. The topological polar surface area (TPSA) is 84.0 Å². The number of fused-ring (bicyclic) bond motifs is 1. The van der Waals surface area contributed by atoms with Gasteiger partial charge in [-0.15, -0.1) is 0 Å². The first kappa shape index (κ1) is 20.0. The summed E-state index contributed by atoms with van der Waals surface area (Å²) in [5.41, 5.74) is 8.30. The first-order chi connectivity index (χ1) is 13.8. The standard InChI is InChI=1S/C21H17F3N4O/c1-13(10-25)11-28-20-17-8-15(18-9-16(26)6-7-27-18)3-2-14(17)4-5-19(20)29-12-21(22,23)24/h2-9,28H,1,11-12H2,(H2,26,27). The van der Waals surface area contributed by atoms with Crippen LogP contribution in [0.25, 0.3) is 22.0 Å². The highest BCUT2D eigenvalue weighted by Crippen LogP contribution is 2.36. The molecule has 29 heavy (non-hydrogen) atoms. The SMILES string of the molecule is C=C(C#N)CNc1c(OCC(F)(F)F)ccc2ccc(-c3cc(N)ccn3)cc12. The zero-order valence-electron chi connectivity index (χ0n) is 15.3. The molecule has 0 saturated heterocycles. The molecule has 5 nitrogen and oxygen atoms in total. The van der Waals surface area contributed by atoms with Crippen molar-refractivity contribution in [1.29, 1.82) is 5.26 Å². The molecule has 148 valence electrons. The summed E-state index contributed by atoms with van der Waals surface area (Å²) in [5.74, 6) is 0.0262. The third kappa shape index (κ3) is 4.96. The summed E-state index contributed by atoms with van der Waals surface area (Å²) >= 11 is 0. The number of anilines is 2. The summed E-state index contributed by atoms with van der Waals surface area (Å²) in [6, 6.07) is 13.9. The van der Waals surface area contributed by atoms with E-state index in [0.29, 0.717) is 22.5 Å². The van der Waals surface area contributed by atoms with Crippen molar-refractivity contribution in [3.63, 3.8) is 0 Å². The van der Waals surface area contributed by atoms with E-state index in [1.54, 1.807) is 30.5 Å². The number of hydrogen-bond acceptors (Lipinski definition) is 5. The Bertz CT molecular complexity index is 1100. The fourth-order valence-electron chi connectivity index (χ4n) is 2.76. The Morgan fingerprint density at radius 3 is 2.66 bits per heavy atom. The van der Waals surface area contributed by atoms with Crippen LogP contribution >= 0.6 is 0 Å². The molecule has 8 heteroatoms. The number of nitrogens with zero attached hydrogens (tertiary/aromatic N) is 2. The highest BCUT2D eigenvalue weighted by atomic mass is 19.4. The molecular formula is C21H17F3N4O. The van der Waals surface area contributed by atoms with E-state index < -0.39 is 12.8 Å². The Morgan fingerprint density at radius 2 is 1.97 bits per heavy atom. The minimum Gasteiger partial charge on any atom is -0.482 e. The van der Waals surface area contributed by atoms with E-state index >= 15 is 0 Å². The van der Waals surface area contributed by atoms with Crippen LogP contribution in [0, 0.1) is 11.3 Å². The summed E-state index contributed by atoms with van der Waals surface area (Å²) in [5, 5.41) is 13.3. The van der Waals surface area contributed by atoms with E-state index in [2.05, 4.69) is 16.9 Å². The van der Waals surface area contributed by atoms with Crippen LogP contribution in [0.1, 0.15) is 0 Å². The van der Waals surface area contributed by atoms with Crippen LogP contribution in [0.5, 0.6) is 5.75 Å². The number of alkyl halides is 3. The van der Waals surface area contributed by atoms with Gasteiger partial charge in [0.25, 0.3) is 0 Å². The quantitative estimate of drug-likeness (QED) is 0.576. The molecule has 0 amide bonds. The third-order valence-corrected chi connectivity index (χ3v) is 4.09. The minimum absolute atomic E-state index is 0.0262. The number of pyridine rings is 1. The van der Waals surface area contributed by atoms with Gasteiger partial charge in [0, 0.05) is 35.0 Å². The van der Waals surface area contributed by atoms with E-state index in [1.165, 1.54) is 6.07 Å². The van der Waals surface area contributed by atoms with Crippen LogP contribution < -0.4 is 15.8 Å². The van der Waals surface area contributed by atoms with Gasteiger partial charge in [0.1, 0.15) is 5.75 Å². The number of rotatable bonds is 6. The van der Waals surface area contributed by atoms with Gasteiger partial charge in [0.2, 0.25) is 0 Å². The molecule has 1 heterocycles. The molecule has 0 aliphatic carbocycles. The van der Waals surface area contributed by atoms with Gasteiger partial charge in [0.15, 0.2) is 6.61 Å². The number of aromatic nitrogens is 1. The smallest absolute Gasteiger partial charge is 0.422 e. The van der Waals surface area contributed by atoms with Crippen molar-refractivity contribution in [3.05, 3.63) is 60.8 Å². The van der Waals surface area contributed by atoms with Crippen molar-refractivity contribution < 1.29 is 17.9 Å². The van der Waals surface area contributed by atoms with Crippen LogP contribution in [0.15, 0.2) is 60.8 Å². The molecule has 0 atom stereocenters. The molecular weight excluding hydrogens is 381 g/mol. The summed E-state index contributed by atoms with van der Waals surface area (Å²) < 4.78 is 43.0. The van der Waals surface area contributed by atoms with Gasteiger partial charge >= 0.3 is 6.18 Å². The van der Waals surface area contributed by atoms with E-state index in [9.17, 15) is 13.2 Å². The fourth-order valence-corrected chi connectivity index (χ4v) is 2.76. The van der Waals surface area contributed by atoms with Gasteiger partial charge in [-0.1, -0.05) is 24.8 Å². The average molecular weight is 398 g/mol. The largest absolute Gasteiger partial charge is 0.482 e. The summed E-state index contributed by atoms with van der Waals surface area (Å²) in [6.45, 7) is 2.23. The second-order valence-electron chi connectivity index (χ2n) is 6.32. The Hall–Kier alpha value is -3.73. The number of nitrogens with two attached hydrogens (primary N) is 1. The maximum Gasteiger partial charge on any atom is 0.422 e. The molecule has 3 rings (SSSR count). The summed E-state index contributed by atoms with van der Waals surface area (Å²) in [4.78, 5) is 4.29. The van der Waals surface area contributed by atoms with Gasteiger partial charge < -0.3 is 15.8 Å². The number of nitrogens with one attached hydrogen (secondary N) is 1. The van der Waals surface area contributed by atoms with Crippen LogP contribution in [0.4, 0.5) is 24.5 Å². The number of nitrogen functional groups attached to an aromatic ring is 1. The second-order valence-corrected chi connectivity index (χ2v) is 6.32. The molecule has 0 radical (unpaired) electrons. The average Bonchev–Trinajstić information content (AvgIpc) is 2.69. The lowest BCUT2D eigenvalue weighted by Crippen LogP contribution is -2.20. The monoisotopic (exact) mass is 398 g/mol. The molecule has 0 fully saturated rings. The molecule has 0 bridgehead atoms. The van der Waals surface area contributed by atoms with Crippen molar-refractivity contribution in [2.75, 3.05) is 24.2 Å². The molecule has 0 spiro atoms. The first-order valence-corrected chi connectivity index (χ1v) is 8.57. The van der Waals surface area contributed by atoms with Crippen molar-refractivity contribution >= 4 is 22.1 Å². The molecule has 0 aliphatic heterocycles. The van der Waals surface area contributed by atoms with Crippen LogP contribution in [0.2, 0.25) is 0 Å². The van der Waals surface area contributed by atoms with Crippen molar-refractivity contribution in [3.8, 4) is 23.1 Å². The Labute approximate surface area is 165 Å². The Morgan fingerprint density at radius 1 is 1.21 bits per heavy atom. The lowest BCUT2D eigenvalue weighted by atomic mass is 10.0. The highest BCUT2D eigenvalue weighted by Gasteiger charge is 2.29. The molecule has 0 saturated carbocycles. The van der Waals surface area contributed by atoms with Crippen molar-refractivity contribution in [2.24, 2.45) is 0 Å². The lowest BCUT2D eigenvalue weighted by molar-refractivity contribution is -0.153. The molecule has 1 aromatic heterocycles. The maximum atomic E-state index is 12.7. The fraction of sp³-hybridized carbons (Fsp3) is 0.143. The molecule has 0 aliphatic rings. The number of nitriles is 1. The van der Waals surface area contributed by atoms with Crippen LogP contribution in [-0.4, -0.2) is 24.3 Å². The van der Waals surface area contributed by atoms with Gasteiger partial charge in [-0.3, -0.25) is 4.98 Å². The molecule has 2 aromatic carbocycles. The second kappa shape index (κ2) is 8.10. The Balaban J connectivity index is 2.09. The minimum atomic E-state index is -4.48. The lowest BCUT2D eigenvalue weighted by Gasteiger charge is -2.17. The number of ether oxygens (including phenoxy) is 1. The third-order valence-electron chi connectivity index (χ3n) is 4.09. The molecule has 3 N–H and O–H groups in total. The predicted octanol–water partition coefficient (Wildman–Crippen LogP) is 4.92. The van der Waals surface area contributed by atoms with E-state index in [1.807, 2.05) is 18.2 Å². The zero-order chi connectivity index (χ0) is 21.0. The van der Waals surface area contributed by atoms with E-state index in [-0.39, 0.29) is 17.9 Å². The van der Waals surface area contributed by atoms with Crippen LogP contribution in [-0.2, 0) is 0 Å². The maximum absolute atomic E-state index is 12.7. The number of benzene rings is 2.